The highest BCUT2D eigenvalue weighted by atomic mass is 35.5. The van der Waals surface area contributed by atoms with Crippen LogP contribution < -0.4 is 5.32 Å². The van der Waals surface area contributed by atoms with Crippen molar-refractivity contribution < 1.29 is 26.4 Å². The van der Waals surface area contributed by atoms with E-state index < -0.39 is 28.5 Å². The molecule has 2 aromatic heterocycles. The van der Waals surface area contributed by atoms with Gasteiger partial charge >= 0.3 is 6.18 Å². The number of nitrogens with zero attached hydrogens (tertiary/aromatic N) is 2. The molecule has 0 aliphatic heterocycles. The molecule has 0 spiro atoms. The Labute approximate surface area is 207 Å². The van der Waals surface area contributed by atoms with E-state index in [9.17, 15) is 26.4 Å². The quantitative estimate of drug-likeness (QED) is 0.345. The van der Waals surface area contributed by atoms with Crippen LogP contribution in [0.15, 0.2) is 71.6 Å². The van der Waals surface area contributed by atoms with Crippen molar-refractivity contribution in [1.82, 2.24) is 15.1 Å². The van der Waals surface area contributed by atoms with Gasteiger partial charge in [-0.2, -0.15) is 18.3 Å². The lowest BCUT2D eigenvalue weighted by atomic mass is 10.2. The van der Waals surface area contributed by atoms with Gasteiger partial charge in [-0.05, 0) is 48.0 Å². The summed E-state index contributed by atoms with van der Waals surface area (Å²) in [7, 11) is -3.40. The van der Waals surface area contributed by atoms with Crippen molar-refractivity contribution in [2.75, 3.05) is 12.8 Å². The van der Waals surface area contributed by atoms with Gasteiger partial charge < -0.3 is 5.32 Å². The predicted octanol–water partition coefficient (Wildman–Crippen LogP) is 5.62. The van der Waals surface area contributed by atoms with Gasteiger partial charge in [0.15, 0.2) is 15.5 Å². The summed E-state index contributed by atoms with van der Waals surface area (Å²) >= 11 is 7.63. The van der Waals surface area contributed by atoms with Gasteiger partial charge in [-0.3, -0.25) is 4.79 Å². The lowest BCUT2D eigenvalue weighted by Crippen LogP contribution is -2.33. The van der Waals surface area contributed by atoms with Crippen LogP contribution in [0.3, 0.4) is 0 Å². The fourth-order valence-corrected chi connectivity index (χ4v) is 5.14. The molecule has 0 radical (unpaired) electrons. The largest absolute Gasteiger partial charge is 0.405 e. The van der Waals surface area contributed by atoms with Crippen LogP contribution in [0, 0.1) is 0 Å². The molecule has 4 rings (SSSR count). The number of hydrogen-bond acceptors (Lipinski definition) is 5. The summed E-state index contributed by atoms with van der Waals surface area (Å²) in [6, 6.07) is 18.1. The number of benzene rings is 2. The minimum atomic E-state index is -4.56. The minimum Gasteiger partial charge on any atom is -0.342 e. The molecule has 2 heterocycles. The number of aromatic nitrogens is 2. The number of halogens is 4. The fourth-order valence-electron chi connectivity index (χ4n) is 3.26. The van der Waals surface area contributed by atoms with E-state index in [1.54, 1.807) is 54.6 Å². The maximum atomic E-state index is 12.6. The molecule has 0 aliphatic carbocycles. The predicted molar refractivity (Wildman–Crippen MR) is 129 cm³/mol. The first-order chi connectivity index (χ1) is 16.4. The summed E-state index contributed by atoms with van der Waals surface area (Å²) < 4.78 is 63.0. The molecule has 0 aliphatic rings. The number of carbonyl (C=O) groups is 1. The molecule has 182 valence electrons. The molecule has 0 saturated heterocycles. The molecule has 35 heavy (non-hydrogen) atoms. The standard InChI is InChI=1S/C23H17ClF3N3O3S2/c1-35(32,33)15-6-4-5-14(11-15)20-9-10-21(34-20)19-12-17(22(31)28-13-23(25,26)27)29-30(19)18-8-3-2-7-16(18)24/h2-12H,13H2,1H3,(H,28,31). The van der Waals surface area contributed by atoms with Crippen molar-refractivity contribution in [3.05, 3.63) is 77.4 Å². The number of sulfone groups is 1. The number of alkyl halides is 3. The topological polar surface area (TPSA) is 81.1 Å². The summed E-state index contributed by atoms with van der Waals surface area (Å²) in [6.07, 6.45) is -3.44. The van der Waals surface area contributed by atoms with Crippen molar-refractivity contribution >= 4 is 38.7 Å². The number of carbonyl (C=O) groups excluding carboxylic acids is 1. The number of rotatable bonds is 6. The number of hydrogen-bond donors (Lipinski definition) is 1. The summed E-state index contributed by atoms with van der Waals surface area (Å²) in [4.78, 5) is 14.0. The van der Waals surface area contributed by atoms with Crippen LogP contribution >= 0.6 is 22.9 Å². The Hall–Kier alpha value is -3.15. The Morgan fingerprint density at radius 1 is 1.06 bits per heavy atom. The molecule has 1 amide bonds. The summed E-state index contributed by atoms with van der Waals surface area (Å²) in [6.45, 7) is -1.49. The molecular formula is C23H17ClF3N3O3S2. The van der Waals surface area contributed by atoms with Gasteiger partial charge in [0.05, 0.1) is 26.2 Å². The summed E-state index contributed by atoms with van der Waals surface area (Å²) in [5.41, 5.74) is 1.34. The second kappa shape index (κ2) is 9.48. The smallest absolute Gasteiger partial charge is 0.342 e. The Kier molecular flexibility index (Phi) is 6.76. The van der Waals surface area contributed by atoms with E-state index in [1.807, 2.05) is 5.32 Å². The van der Waals surface area contributed by atoms with Crippen LogP contribution in [0.25, 0.3) is 26.7 Å². The fraction of sp³-hybridized carbons (Fsp3) is 0.130. The van der Waals surface area contributed by atoms with Crippen LogP contribution in [-0.2, 0) is 9.84 Å². The van der Waals surface area contributed by atoms with Crippen LogP contribution in [0.2, 0.25) is 5.02 Å². The van der Waals surface area contributed by atoms with E-state index >= 15 is 0 Å². The zero-order chi connectivity index (χ0) is 25.4. The number of nitrogens with one attached hydrogen (secondary N) is 1. The molecule has 0 bridgehead atoms. The maximum Gasteiger partial charge on any atom is 0.405 e. The Balaban J connectivity index is 1.77. The average Bonchev–Trinajstić information content (AvgIpc) is 3.44. The second-order valence-corrected chi connectivity index (χ2v) is 11.0. The average molecular weight is 540 g/mol. The first kappa shape index (κ1) is 25.0. The lowest BCUT2D eigenvalue weighted by Gasteiger charge is -2.08. The van der Waals surface area contributed by atoms with Gasteiger partial charge in [-0.15, -0.1) is 11.3 Å². The first-order valence-corrected chi connectivity index (χ1v) is 13.1. The normalized spacial score (nSPS) is 12.0. The van der Waals surface area contributed by atoms with Gasteiger partial charge in [0.2, 0.25) is 0 Å². The second-order valence-electron chi connectivity index (χ2n) is 7.54. The molecule has 6 nitrogen and oxygen atoms in total. The van der Waals surface area contributed by atoms with Crippen molar-refractivity contribution in [3.8, 4) is 26.7 Å². The molecule has 0 fully saturated rings. The van der Waals surface area contributed by atoms with Crippen LogP contribution in [0.1, 0.15) is 10.5 Å². The maximum absolute atomic E-state index is 12.6. The van der Waals surface area contributed by atoms with E-state index in [1.165, 1.54) is 28.2 Å². The van der Waals surface area contributed by atoms with Gasteiger partial charge in [0.1, 0.15) is 6.54 Å². The summed E-state index contributed by atoms with van der Waals surface area (Å²) in [5, 5.41) is 6.38. The monoisotopic (exact) mass is 539 g/mol. The third-order valence-corrected chi connectivity index (χ3v) is 7.46. The third-order valence-electron chi connectivity index (χ3n) is 4.88. The summed E-state index contributed by atoms with van der Waals surface area (Å²) in [5.74, 6) is -0.980. The van der Waals surface area contributed by atoms with Crippen molar-refractivity contribution in [3.63, 3.8) is 0 Å². The highest BCUT2D eigenvalue weighted by molar-refractivity contribution is 7.90. The molecule has 0 saturated carbocycles. The van der Waals surface area contributed by atoms with Crippen molar-refractivity contribution in [2.45, 2.75) is 11.1 Å². The molecule has 4 aromatic rings. The highest BCUT2D eigenvalue weighted by Crippen LogP contribution is 2.37. The highest BCUT2D eigenvalue weighted by Gasteiger charge is 2.29. The number of amides is 1. The van der Waals surface area contributed by atoms with Gasteiger partial charge in [0.25, 0.3) is 5.91 Å². The van der Waals surface area contributed by atoms with Crippen LogP contribution in [-0.4, -0.2) is 43.1 Å². The Bertz CT molecular complexity index is 1510. The molecule has 12 heteroatoms. The van der Waals surface area contributed by atoms with Crippen LogP contribution in [0.4, 0.5) is 13.2 Å². The molecule has 0 unspecified atom stereocenters. The van der Waals surface area contributed by atoms with E-state index in [4.69, 9.17) is 11.6 Å². The molecular weight excluding hydrogens is 523 g/mol. The van der Waals surface area contributed by atoms with E-state index in [2.05, 4.69) is 5.10 Å². The zero-order valence-corrected chi connectivity index (χ0v) is 20.4. The minimum absolute atomic E-state index is 0.176. The van der Waals surface area contributed by atoms with Gasteiger partial charge in [-0.1, -0.05) is 35.9 Å². The van der Waals surface area contributed by atoms with Crippen LogP contribution in [0.5, 0.6) is 0 Å². The number of thiophene rings is 1. The van der Waals surface area contributed by atoms with Gasteiger partial charge in [0, 0.05) is 11.1 Å². The molecule has 2 aromatic carbocycles. The molecule has 0 atom stereocenters. The Morgan fingerprint density at radius 3 is 2.46 bits per heavy atom. The first-order valence-electron chi connectivity index (χ1n) is 10.0. The van der Waals surface area contributed by atoms with Crippen molar-refractivity contribution in [1.29, 1.82) is 0 Å². The third kappa shape index (κ3) is 5.75. The van der Waals surface area contributed by atoms with Gasteiger partial charge in [-0.25, -0.2) is 13.1 Å². The molecule has 1 N–H and O–H groups in total. The Morgan fingerprint density at radius 2 is 1.77 bits per heavy atom. The van der Waals surface area contributed by atoms with E-state index in [0.29, 0.717) is 26.8 Å². The lowest BCUT2D eigenvalue weighted by molar-refractivity contribution is -0.123. The van der Waals surface area contributed by atoms with Crippen molar-refractivity contribution in [2.24, 2.45) is 0 Å². The van der Waals surface area contributed by atoms with E-state index in [0.717, 1.165) is 11.1 Å². The SMILES string of the molecule is CS(=O)(=O)c1cccc(-c2ccc(-c3cc(C(=O)NCC(F)(F)F)nn3-c3ccccc3Cl)s2)c1. The zero-order valence-electron chi connectivity index (χ0n) is 18.0. The van der Waals surface area contributed by atoms with E-state index in [-0.39, 0.29) is 10.6 Å². The number of para-hydroxylation sites is 1.